The summed E-state index contributed by atoms with van der Waals surface area (Å²) in [6.45, 7) is 0.255. The van der Waals surface area contributed by atoms with Gasteiger partial charge >= 0.3 is 0 Å². The molecule has 0 rings (SSSR count). The first-order chi connectivity index (χ1) is 2.91. The molecule has 0 aliphatic rings. The SMILES string of the molecule is O=C=NC[CH]Cl. The number of isocyanates is 1. The molecule has 0 amide bonds. The topological polar surface area (TPSA) is 29.4 Å². The maximum Gasteiger partial charge on any atom is 0.234 e. The molecule has 0 saturated heterocycles. The van der Waals surface area contributed by atoms with Gasteiger partial charge in [0.25, 0.3) is 0 Å². The molecule has 2 nitrogen and oxygen atoms in total. The van der Waals surface area contributed by atoms with Crippen LogP contribution in [0.4, 0.5) is 0 Å². The Morgan fingerprint density at radius 1 is 2.00 bits per heavy atom. The zero-order valence-corrected chi connectivity index (χ0v) is 3.77. The van der Waals surface area contributed by atoms with Gasteiger partial charge in [0, 0.05) is 0 Å². The van der Waals surface area contributed by atoms with E-state index in [1.807, 2.05) is 0 Å². The van der Waals surface area contributed by atoms with Crippen LogP contribution in [-0.2, 0) is 4.79 Å². The first kappa shape index (κ1) is 5.67. The molecule has 0 unspecified atom stereocenters. The average Bonchev–Trinajstić information content (AvgIpc) is 1.61. The van der Waals surface area contributed by atoms with Crippen molar-refractivity contribution in [2.75, 3.05) is 6.54 Å². The second-order valence-electron chi connectivity index (χ2n) is 0.586. The van der Waals surface area contributed by atoms with Crippen molar-refractivity contribution in [3.05, 3.63) is 5.88 Å². The number of hydrogen-bond donors (Lipinski definition) is 0. The molecule has 33 valence electrons. The van der Waals surface area contributed by atoms with E-state index in [1.54, 1.807) is 0 Å². The fourth-order valence-corrected chi connectivity index (χ4v) is 0.141. The molecule has 0 aliphatic carbocycles. The fourth-order valence-electron chi connectivity index (χ4n) is 0.0718. The minimum absolute atomic E-state index is 0.255. The molecular weight excluding hydrogens is 101 g/mol. The fraction of sp³-hybridized carbons (Fsp3) is 0.333. The van der Waals surface area contributed by atoms with Gasteiger partial charge < -0.3 is 0 Å². The predicted molar refractivity (Wildman–Crippen MR) is 23.1 cm³/mol. The Balaban J connectivity index is 2.86. The summed E-state index contributed by atoms with van der Waals surface area (Å²) < 4.78 is 0. The zero-order valence-electron chi connectivity index (χ0n) is 3.02. The van der Waals surface area contributed by atoms with Gasteiger partial charge in [0.2, 0.25) is 6.08 Å². The summed E-state index contributed by atoms with van der Waals surface area (Å²) in [7, 11) is 0. The van der Waals surface area contributed by atoms with Crippen LogP contribution in [0.25, 0.3) is 0 Å². The van der Waals surface area contributed by atoms with Gasteiger partial charge in [-0.05, 0) is 0 Å². The second kappa shape index (κ2) is 4.67. The number of hydrogen-bond acceptors (Lipinski definition) is 2. The first-order valence-electron chi connectivity index (χ1n) is 1.37. The molecule has 0 aromatic rings. The quantitative estimate of drug-likeness (QED) is 0.375. The summed E-state index contributed by atoms with van der Waals surface area (Å²) in [5.41, 5.74) is 0. The van der Waals surface area contributed by atoms with E-state index in [1.165, 1.54) is 12.0 Å². The lowest BCUT2D eigenvalue weighted by atomic mass is 10.8. The third-order valence-electron chi connectivity index (χ3n) is 0.225. The Labute approximate surface area is 40.8 Å². The number of aliphatic imine (C=N–C) groups is 1. The molecule has 0 aromatic heterocycles. The van der Waals surface area contributed by atoms with Gasteiger partial charge in [-0.15, -0.1) is 11.6 Å². The van der Waals surface area contributed by atoms with E-state index in [0.717, 1.165) is 0 Å². The van der Waals surface area contributed by atoms with E-state index in [2.05, 4.69) is 4.99 Å². The first-order valence-corrected chi connectivity index (χ1v) is 1.81. The second-order valence-corrected chi connectivity index (χ2v) is 0.895. The minimum atomic E-state index is 0.255. The lowest BCUT2D eigenvalue weighted by Crippen LogP contribution is -1.67. The van der Waals surface area contributed by atoms with Crippen LogP contribution in [0.5, 0.6) is 0 Å². The Morgan fingerprint density at radius 3 is 2.83 bits per heavy atom. The molecule has 1 radical (unpaired) electrons. The van der Waals surface area contributed by atoms with Crippen LogP contribution in [0.15, 0.2) is 4.99 Å². The predicted octanol–water partition coefficient (Wildman–Crippen LogP) is 0.723. The third-order valence-corrected chi connectivity index (χ3v) is 0.363. The Hall–Kier alpha value is -0.330. The molecule has 0 aromatic carbocycles. The summed E-state index contributed by atoms with van der Waals surface area (Å²) >= 11 is 4.98. The summed E-state index contributed by atoms with van der Waals surface area (Å²) in [6.07, 6.45) is 1.33. The summed E-state index contributed by atoms with van der Waals surface area (Å²) in [6, 6.07) is 0. The van der Waals surface area contributed by atoms with Crippen LogP contribution >= 0.6 is 11.6 Å². The van der Waals surface area contributed by atoms with E-state index in [0.29, 0.717) is 0 Å². The number of carbonyl (C=O) groups excluding carboxylic acids is 1. The number of rotatable bonds is 2. The van der Waals surface area contributed by atoms with Crippen LogP contribution in [0.3, 0.4) is 0 Å². The standard InChI is InChI=1S/C3H3ClNO/c4-1-2-5-3-6/h1H,2H2. The van der Waals surface area contributed by atoms with Crippen molar-refractivity contribution in [3.63, 3.8) is 0 Å². The molecule has 6 heavy (non-hydrogen) atoms. The Morgan fingerprint density at radius 2 is 2.67 bits per heavy atom. The molecule has 0 aliphatic heterocycles. The summed E-state index contributed by atoms with van der Waals surface area (Å²) in [5.74, 6) is 1.25. The van der Waals surface area contributed by atoms with Crippen LogP contribution in [0, 0.1) is 5.88 Å². The lowest BCUT2D eigenvalue weighted by molar-refractivity contribution is 0.563. The van der Waals surface area contributed by atoms with E-state index in [-0.39, 0.29) is 6.54 Å². The van der Waals surface area contributed by atoms with Crippen molar-refractivity contribution in [2.45, 2.75) is 0 Å². The maximum absolute atomic E-state index is 9.19. The van der Waals surface area contributed by atoms with Crippen molar-refractivity contribution < 1.29 is 4.79 Å². The molecular formula is C3H3ClNO. The Bertz CT molecular complexity index is 67.2. The van der Waals surface area contributed by atoms with E-state index >= 15 is 0 Å². The molecule has 0 bridgehead atoms. The van der Waals surface area contributed by atoms with Gasteiger partial charge in [-0.1, -0.05) is 0 Å². The van der Waals surface area contributed by atoms with E-state index < -0.39 is 0 Å². The summed E-state index contributed by atoms with van der Waals surface area (Å²) in [5, 5.41) is 0. The maximum atomic E-state index is 9.19. The van der Waals surface area contributed by atoms with Gasteiger partial charge in [0.1, 0.15) is 0 Å². The molecule has 0 heterocycles. The molecule has 0 spiro atoms. The van der Waals surface area contributed by atoms with Crippen LogP contribution < -0.4 is 0 Å². The minimum Gasteiger partial charge on any atom is -0.211 e. The van der Waals surface area contributed by atoms with E-state index in [9.17, 15) is 4.79 Å². The highest BCUT2D eigenvalue weighted by atomic mass is 35.5. The van der Waals surface area contributed by atoms with Gasteiger partial charge in [-0.25, -0.2) is 9.79 Å². The van der Waals surface area contributed by atoms with Gasteiger partial charge in [0.15, 0.2) is 0 Å². The van der Waals surface area contributed by atoms with Crippen molar-refractivity contribution in [1.82, 2.24) is 0 Å². The normalized spacial score (nSPS) is 6.83. The van der Waals surface area contributed by atoms with Crippen molar-refractivity contribution in [2.24, 2.45) is 4.99 Å². The zero-order chi connectivity index (χ0) is 4.83. The van der Waals surface area contributed by atoms with Crippen molar-refractivity contribution in [3.8, 4) is 0 Å². The average molecular weight is 105 g/mol. The molecule has 0 fully saturated rings. The molecule has 0 saturated carbocycles. The highest BCUT2D eigenvalue weighted by Crippen LogP contribution is 1.79. The van der Waals surface area contributed by atoms with Crippen LogP contribution in [0.1, 0.15) is 0 Å². The van der Waals surface area contributed by atoms with Crippen molar-refractivity contribution in [1.29, 1.82) is 0 Å². The largest absolute Gasteiger partial charge is 0.234 e. The molecule has 0 atom stereocenters. The summed E-state index contributed by atoms with van der Waals surface area (Å²) in [4.78, 5) is 12.3. The van der Waals surface area contributed by atoms with Crippen LogP contribution in [-0.4, -0.2) is 12.6 Å². The molecule has 3 heteroatoms. The highest BCUT2D eigenvalue weighted by Gasteiger charge is 1.69. The smallest absolute Gasteiger partial charge is 0.211 e. The van der Waals surface area contributed by atoms with E-state index in [4.69, 9.17) is 11.6 Å². The van der Waals surface area contributed by atoms with Crippen molar-refractivity contribution >= 4 is 17.7 Å². The van der Waals surface area contributed by atoms with Gasteiger partial charge in [0.05, 0.1) is 12.4 Å². The number of nitrogens with zero attached hydrogens (tertiary/aromatic N) is 1. The van der Waals surface area contributed by atoms with Gasteiger partial charge in [-0.3, -0.25) is 0 Å². The number of halogens is 1. The third kappa shape index (κ3) is 3.67. The van der Waals surface area contributed by atoms with Gasteiger partial charge in [-0.2, -0.15) is 0 Å². The molecule has 0 N–H and O–H groups in total. The monoisotopic (exact) mass is 104 g/mol. The lowest BCUT2D eigenvalue weighted by Gasteiger charge is -1.68. The highest BCUT2D eigenvalue weighted by molar-refractivity contribution is 6.23. The Kier molecular flexibility index (Phi) is 4.41. The van der Waals surface area contributed by atoms with Crippen LogP contribution in [0.2, 0.25) is 0 Å².